The number of hydrogen-bond donors (Lipinski definition) is 1. The van der Waals surface area contributed by atoms with Crippen molar-refractivity contribution in [3.63, 3.8) is 0 Å². The van der Waals surface area contributed by atoms with Crippen molar-refractivity contribution in [1.29, 1.82) is 0 Å². The lowest BCUT2D eigenvalue weighted by atomic mass is 9.96. The first-order chi connectivity index (χ1) is 16.8. The van der Waals surface area contributed by atoms with Crippen LogP contribution in [0.5, 0.6) is 11.5 Å². The monoisotopic (exact) mass is 483 g/mol. The lowest BCUT2D eigenvalue weighted by Crippen LogP contribution is -2.32. The number of Topliss-reactive ketones (excluding diaryl/α,β-unsaturated/α-hetero) is 1. The van der Waals surface area contributed by atoms with E-state index in [-0.39, 0.29) is 28.3 Å². The molecule has 0 atom stereocenters. The molecule has 2 aromatic heterocycles. The first-order valence-corrected chi connectivity index (χ1v) is 12.2. The Bertz CT molecular complexity index is 1250. The second-order valence-corrected chi connectivity index (χ2v) is 10.1. The second kappa shape index (κ2) is 9.22. The number of alkyl halides is 2. The van der Waals surface area contributed by atoms with Gasteiger partial charge in [-0.05, 0) is 61.4 Å². The molecule has 0 saturated heterocycles. The van der Waals surface area contributed by atoms with Gasteiger partial charge in [-0.3, -0.25) is 9.20 Å². The highest BCUT2D eigenvalue weighted by molar-refractivity contribution is 6.02. The largest absolute Gasteiger partial charge is 0.496 e. The average Bonchev–Trinajstić information content (AvgIpc) is 3.75. The van der Waals surface area contributed by atoms with Crippen LogP contribution in [0.15, 0.2) is 36.7 Å². The zero-order valence-corrected chi connectivity index (χ0v) is 20.3. The van der Waals surface area contributed by atoms with Crippen LogP contribution in [0.4, 0.5) is 8.78 Å². The molecule has 2 saturated carbocycles. The topological polar surface area (TPSA) is 64.9 Å². The Kier molecular flexibility index (Phi) is 6.25. The lowest BCUT2D eigenvalue weighted by Gasteiger charge is -2.19. The molecule has 0 radical (unpaired) electrons. The average molecular weight is 484 g/mol. The summed E-state index contributed by atoms with van der Waals surface area (Å²) in [5.74, 6) is 0.138. The van der Waals surface area contributed by atoms with Gasteiger partial charge in [-0.15, -0.1) is 0 Å². The number of ether oxygens (including phenoxy) is 2. The summed E-state index contributed by atoms with van der Waals surface area (Å²) in [4.78, 5) is 17.5. The molecule has 0 unspecified atom stereocenters. The molecule has 35 heavy (non-hydrogen) atoms. The Morgan fingerprint density at radius 2 is 1.97 bits per heavy atom. The molecule has 186 valence electrons. The van der Waals surface area contributed by atoms with Crippen LogP contribution in [0, 0.1) is 5.92 Å². The van der Waals surface area contributed by atoms with E-state index in [2.05, 4.69) is 36.3 Å². The van der Waals surface area contributed by atoms with Crippen molar-refractivity contribution in [2.75, 3.05) is 13.7 Å². The van der Waals surface area contributed by atoms with Crippen molar-refractivity contribution < 1.29 is 23.0 Å². The third-order valence-electron chi connectivity index (χ3n) is 7.08. The zero-order valence-electron chi connectivity index (χ0n) is 20.3. The molecule has 2 fully saturated rings. The second-order valence-electron chi connectivity index (χ2n) is 10.1. The summed E-state index contributed by atoms with van der Waals surface area (Å²) in [5, 5.41) is 3.55. The number of rotatable bonds is 11. The molecule has 0 spiro atoms. The molecule has 1 N–H and O–H groups in total. The number of halogens is 2. The highest BCUT2D eigenvalue weighted by Gasteiger charge is 2.44. The van der Waals surface area contributed by atoms with Gasteiger partial charge in [0.25, 0.3) is 0 Å². The van der Waals surface area contributed by atoms with Crippen LogP contribution in [-0.4, -0.2) is 41.5 Å². The van der Waals surface area contributed by atoms with E-state index >= 15 is 0 Å². The number of carbonyl (C=O) groups excluding carboxylic acids is 1. The Labute approximate surface area is 203 Å². The molecule has 8 heteroatoms. The van der Waals surface area contributed by atoms with Gasteiger partial charge in [0, 0.05) is 36.2 Å². The number of nitrogens with one attached hydrogen (secondary N) is 1. The minimum Gasteiger partial charge on any atom is -0.496 e. The van der Waals surface area contributed by atoms with Crippen LogP contribution in [-0.2, 0) is 5.41 Å². The predicted octanol–water partition coefficient (Wildman–Crippen LogP) is 5.62. The van der Waals surface area contributed by atoms with E-state index in [1.807, 2.05) is 10.6 Å². The number of imidazole rings is 1. The number of pyridine rings is 1. The maximum absolute atomic E-state index is 13.3. The number of methoxy groups -OCH3 is 1. The van der Waals surface area contributed by atoms with E-state index in [9.17, 15) is 13.6 Å². The van der Waals surface area contributed by atoms with E-state index in [1.165, 1.54) is 18.7 Å². The molecule has 0 aliphatic heterocycles. The minimum absolute atomic E-state index is 0.0767. The fourth-order valence-electron chi connectivity index (χ4n) is 4.69. The third kappa shape index (κ3) is 4.89. The molecule has 2 aliphatic carbocycles. The summed E-state index contributed by atoms with van der Waals surface area (Å²) in [6, 6.07) is 7.81. The van der Waals surface area contributed by atoms with Gasteiger partial charge in [0.05, 0.1) is 19.0 Å². The summed E-state index contributed by atoms with van der Waals surface area (Å²) in [5.41, 5.74) is 3.53. The third-order valence-corrected chi connectivity index (χ3v) is 7.08. The first kappa shape index (κ1) is 23.7. The molecule has 1 aromatic carbocycles. The van der Waals surface area contributed by atoms with Crippen molar-refractivity contribution in [1.82, 2.24) is 14.7 Å². The first-order valence-electron chi connectivity index (χ1n) is 12.2. The highest BCUT2D eigenvalue weighted by atomic mass is 19.3. The highest BCUT2D eigenvalue weighted by Crippen LogP contribution is 2.48. The predicted molar refractivity (Wildman–Crippen MR) is 130 cm³/mol. The van der Waals surface area contributed by atoms with Crippen molar-refractivity contribution in [3.05, 3.63) is 47.8 Å². The molecule has 5 rings (SSSR count). The number of aromatic nitrogens is 2. The normalized spacial score (nSPS) is 16.8. The Hall–Kier alpha value is -3.00. The minimum atomic E-state index is -3.05. The van der Waals surface area contributed by atoms with Gasteiger partial charge in [0.1, 0.15) is 22.7 Å². The van der Waals surface area contributed by atoms with Crippen molar-refractivity contribution in [3.8, 4) is 22.8 Å². The van der Waals surface area contributed by atoms with Gasteiger partial charge in [-0.25, -0.2) is 4.98 Å². The molecule has 6 nitrogen and oxygen atoms in total. The van der Waals surface area contributed by atoms with Gasteiger partial charge in [0.15, 0.2) is 5.78 Å². The zero-order chi connectivity index (χ0) is 24.7. The van der Waals surface area contributed by atoms with Crippen molar-refractivity contribution in [2.24, 2.45) is 5.92 Å². The smallest absolute Gasteiger partial charge is 0.387 e. The summed E-state index contributed by atoms with van der Waals surface area (Å²) in [7, 11) is 1.43. The van der Waals surface area contributed by atoms with Crippen LogP contribution in [0.25, 0.3) is 16.9 Å². The number of fused-ring (bicyclic) bond motifs is 1. The van der Waals surface area contributed by atoms with Crippen LogP contribution in [0.3, 0.4) is 0 Å². The Balaban J connectivity index is 1.52. The molecule has 3 aromatic rings. The van der Waals surface area contributed by atoms with Gasteiger partial charge in [0.2, 0.25) is 0 Å². The van der Waals surface area contributed by atoms with Gasteiger partial charge in [-0.1, -0.05) is 13.8 Å². The quantitative estimate of drug-likeness (QED) is 0.359. The van der Waals surface area contributed by atoms with Crippen molar-refractivity contribution >= 4 is 11.4 Å². The van der Waals surface area contributed by atoms with Gasteiger partial charge >= 0.3 is 6.61 Å². The summed E-state index contributed by atoms with van der Waals surface area (Å²) < 4.78 is 38.8. The number of benzene rings is 1. The van der Waals surface area contributed by atoms with Crippen molar-refractivity contribution in [2.45, 2.75) is 64.0 Å². The van der Waals surface area contributed by atoms with E-state index in [4.69, 9.17) is 9.47 Å². The number of ketones is 1. The fourth-order valence-corrected chi connectivity index (χ4v) is 4.69. The molecular weight excluding hydrogens is 452 g/mol. The maximum atomic E-state index is 13.3. The molecule has 2 heterocycles. The van der Waals surface area contributed by atoms with Gasteiger partial charge < -0.3 is 14.8 Å². The summed E-state index contributed by atoms with van der Waals surface area (Å²) >= 11 is 0. The molecule has 2 aliphatic rings. The van der Waals surface area contributed by atoms with Gasteiger partial charge in [-0.2, -0.15) is 8.78 Å². The molecular formula is C27H31F2N3O3. The maximum Gasteiger partial charge on any atom is 0.387 e. The number of hydrogen-bond acceptors (Lipinski definition) is 5. The van der Waals surface area contributed by atoms with Crippen LogP contribution >= 0.6 is 0 Å². The Morgan fingerprint density at radius 1 is 1.23 bits per heavy atom. The number of nitrogens with zero attached hydrogens (tertiary/aromatic N) is 2. The van der Waals surface area contributed by atoms with E-state index < -0.39 is 6.61 Å². The fraction of sp³-hybridized carbons (Fsp3) is 0.481. The standard InChI is InChI=1S/C27H31F2N3O3/c1-16(2)31-15-27(7-8-27)19-6-9-32-20(14-30-24(32)13-19)18-11-22(34-3)25(21(33)10-17-4-5-17)23(12-18)35-26(28)29/h6,9,11-14,16-17,26,31H,4-5,7-8,10,15H2,1-3H3. The molecule has 0 bridgehead atoms. The Morgan fingerprint density at radius 3 is 2.60 bits per heavy atom. The van der Waals surface area contributed by atoms with E-state index in [0.717, 1.165) is 37.9 Å². The summed E-state index contributed by atoms with van der Waals surface area (Å²) in [6.45, 7) is 2.16. The number of carbonyl (C=O) groups is 1. The van der Waals surface area contributed by atoms with Crippen LogP contribution < -0.4 is 14.8 Å². The van der Waals surface area contributed by atoms with Crippen LogP contribution in [0.1, 0.15) is 61.9 Å². The van der Waals surface area contributed by atoms with E-state index in [0.29, 0.717) is 29.6 Å². The summed E-state index contributed by atoms with van der Waals surface area (Å²) in [6.07, 6.45) is 8.22. The van der Waals surface area contributed by atoms with Crippen LogP contribution in [0.2, 0.25) is 0 Å². The van der Waals surface area contributed by atoms with E-state index in [1.54, 1.807) is 12.3 Å². The molecule has 0 amide bonds. The SMILES string of the molecule is COc1cc(-c2cnc3cc(C4(CNC(C)C)CC4)ccn23)cc(OC(F)F)c1C(=O)CC1CC1. The lowest BCUT2D eigenvalue weighted by molar-refractivity contribution is -0.0502.